The summed E-state index contributed by atoms with van der Waals surface area (Å²) in [7, 11) is 0.371. The summed E-state index contributed by atoms with van der Waals surface area (Å²) in [5, 5.41) is 11.8. The number of nitrogens with zero attached hydrogens (tertiary/aromatic N) is 1. The molecule has 1 aliphatic rings. The predicted molar refractivity (Wildman–Crippen MR) is 136 cm³/mol. The standard InChI is InChI=1S/C27H38NO3P/c1-20(2)25-17-11-21(3)19-26(25)31-32(30,24-15-13-23(14-16-24)28(4)5)27(29)18-12-22-9-7-6-8-10-22/h6-10,12-16,18,20-21,25-27,29H,11,17,19H2,1-5H3/b18-12+/t21-,25-,26-,27-,32+/m1/s1. The molecule has 1 saturated carbocycles. The molecule has 0 aromatic heterocycles. The van der Waals surface area contributed by atoms with Crippen LogP contribution in [0.5, 0.6) is 0 Å². The molecule has 2 aromatic carbocycles. The molecule has 4 nitrogen and oxygen atoms in total. The Bertz CT molecular complexity index is 924. The highest BCUT2D eigenvalue weighted by Gasteiger charge is 2.41. The number of hydrogen-bond acceptors (Lipinski definition) is 4. The summed E-state index contributed by atoms with van der Waals surface area (Å²) in [4.78, 5) is 2.00. The lowest BCUT2D eigenvalue weighted by molar-refractivity contribution is 0.0448. The Morgan fingerprint density at radius 3 is 2.31 bits per heavy atom. The van der Waals surface area contributed by atoms with Gasteiger partial charge in [-0.05, 0) is 66.5 Å². The molecular formula is C27H38NO3P. The first-order valence-electron chi connectivity index (χ1n) is 11.7. The summed E-state index contributed by atoms with van der Waals surface area (Å²) < 4.78 is 20.9. The van der Waals surface area contributed by atoms with E-state index < -0.39 is 13.2 Å². The van der Waals surface area contributed by atoms with Gasteiger partial charge in [-0.15, -0.1) is 0 Å². The van der Waals surface area contributed by atoms with E-state index in [9.17, 15) is 9.67 Å². The Morgan fingerprint density at radius 2 is 1.72 bits per heavy atom. The first-order chi connectivity index (χ1) is 15.2. The van der Waals surface area contributed by atoms with Crippen LogP contribution < -0.4 is 10.2 Å². The average Bonchev–Trinajstić information content (AvgIpc) is 2.78. The van der Waals surface area contributed by atoms with Gasteiger partial charge in [-0.1, -0.05) is 63.6 Å². The van der Waals surface area contributed by atoms with Crippen LogP contribution in [0.3, 0.4) is 0 Å². The van der Waals surface area contributed by atoms with Gasteiger partial charge < -0.3 is 14.5 Å². The van der Waals surface area contributed by atoms with Gasteiger partial charge in [0.2, 0.25) is 0 Å². The van der Waals surface area contributed by atoms with E-state index in [0.717, 1.165) is 24.1 Å². The first-order valence-corrected chi connectivity index (χ1v) is 13.4. The van der Waals surface area contributed by atoms with Crippen molar-refractivity contribution in [2.75, 3.05) is 19.0 Å². The lowest BCUT2D eigenvalue weighted by Crippen LogP contribution is -2.35. The largest absolute Gasteiger partial charge is 0.378 e. The van der Waals surface area contributed by atoms with Crippen molar-refractivity contribution < 1.29 is 14.2 Å². The Hall–Kier alpha value is -1.87. The number of aliphatic hydroxyl groups is 1. The zero-order valence-corrected chi connectivity index (χ0v) is 20.9. The molecule has 1 aliphatic carbocycles. The van der Waals surface area contributed by atoms with Crippen LogP contribution in [0.2, 0.25) is 0 Å². The number of aliphatic hydroxyl groups excluding tert-OH is 1. The Kier molecular flexibility index (Phi) is 8.38. The fourth-order valence-electron chi connectivity index (χ4n) is 4.55. The molecule has 1 N–H and O–H groups in total. The van der Waals surface area contributed by atoms with E-state index in [1.165, 1.54) is 6.42 Å². The van der Waals surface area contributed by atoms with E-state index in [0.29, 0.717) is 23.1 Å². The van der Waals surface area contributed by atoms with Crippen molar-refractivity contribution in [3.05, 3.63) is 66.2 Å². The van der Waals surface area contributed by atoms with Gasteiger partial charge in [0.05, 0.1) is 6.10 Å². The molecule has 2 aromatic rings. The van der Waals surface area contributed by atoms with Crippen LogP contribution in [0.1, 0.15) is 45.6 Å². The van der Waals surface area contributed by atoms with Crippen LogP contribution in [-0.2, 0) is 9.09 Å². The number of rotatable bonds is 8. The van der Waals surface area contributed by atoms with E-state index in [1.54, 1.807) is 6.08 Å². The average molecular weight is 456 g/mol. The lowest BCUT2D eigenvalue weighted by atomic mass is 9.75. The zero-order chi connectivity index (χ0) is 23.3. The second-order valence-electron chi connectivity index (χ2n) is 9.66. The van der Waals surface area contributed by atoms with Crippen molar-refractivity contribution >= 4 is 24.4 Å². The van der Waals surface area contributed by atoms with Crippen LogP contribution in [-0.4, -0.2) is 31.2 Å². The summed E-state index contributed by atoms with van der Waals surface area (Å²) in [6.45, 7) is 6.65. The third-order valence-electron chi connectivity index (χ3n) is 6.59. The monoisotopic (exact) mass is 455 g/mol. The van der Waals surface area contributed by atoms with E-state index >= 15 is 0 Å². The normalized spacial score (nSPS) is 24.4. The molecule has 174 valence electrons. The number of benzene rings is 2. The maximum atomic E-state index is 14.4. The van der Waals surface area contributed by atoms with Crippen molar-refractivity contribution in [2.45, 2.75) is 52.0 Å². The highest BCUT2D eigenvalue weighted by Crippen LogP contribution is 2.54. The molecule has 5 heteroatoms. The molecule has 3 rings (SSSR count). The van der Waals surface area contributed by atoms with Crippen LogP contribution in [0.25, 0.3) is 6.08 Å². The highest BCUT2D eigenvalue weighted by atomic mass is 31.2. The van der Waals surface area contributed by atoms with Gasteiger partial charge in [-0.25, -0.2) is 0 Å². The van der Waals surface area contributed by atoms with E-state index in [2.05, 4.69) is 20.8 Å². The van der Waals surface area contributed by atoms with Crippen molar-refractivity contribution in [1.82, 2.24) is 0 Å². The van der Waals surface area contributed by atoms with Gasteiger partial charge in [-0.3, -0.25) is 4.57 Å². The minimum Gasteiger partial charge on any atom is -0.378 e. The molecule has 32 heavy (non-hydrogen) atoms. The Labute approximate surface area is 193 Å². The van der Waals surface area contributed by atoms with E-state index in [1.807, 2.05) is 79.7 Å². The minimum atomic E-state index is -3.57. The third-order valence-corrected chi connectivity index (χ3v) is 9.06. The maximum absolute atomic E-state index is 14.4. The molecule has 0 unspecified atom stereocenters. The second-order valence-corrected chi connectivity index (χ2v) is 12.1. The van der Waals surface area contributed by atoms with Gasteiger partial charge in [0.15, 0.2) is 5.85 Å². The SMILES string of the molecule is CC(C)[C@H]1CC[C@@H](C)C[C@H]1O[P@@](=O)(c1ccc(N(C)C)cc1)[C@@H](O)/C=C/c1ccccc1. The third kappa shape index (κ3) is 5.92. The molecule has 1 fully saturated rings. The van der Waals surface area contributed by atoms with Gasteiger partial charge >= 0.3 is 0 Å². The molecule has 5 atom stereocenters. The van der Waals surface area contributed by atoms with Crippen LogP contribution in [0, 0.1) is 17.8 Å². The summed E-state index contributed by atoms with van der Waals surface area (Å²) in [6.07, 6.45) is 6.42. The van der Waals surface area contributed by atoms with Crippen LogP contribution in [0.4, 0.5) is 5.69 Å². The van der Waals surface area contributed by atoms with Gasteiger partial charge in [0.25, 0.3) is 7.37 Å². The molecule has 0 amide bonds. The molecule has 0 spiro atoms. The van der Waals surface area contributed by atoms with E-state index in [4.69, 9.17) is 4.52 Å². The fourth-order valence-corrected chi connectivity index (χ4v) is 6.62. The number of anilines is 1. The van der Waals surface area contributed by atoms with E-state index in [-0.39, 0.29) is 6.10 Å². The fraction of sp³-hybridized carbons (Fsp3) is 0.481. The smallest absolute Gasteiger partial charge is 0.263 e. The van der Waals surface area contributed by atoms with Gasteiger partial charge in [-0.2, -0.15) is 0 Å². The summed E-state index contributed by atoms with van der Waals surface area (Å²) in [6, 6.07) is 17.3. The molecule has 0 heterocycles. The quantitative estimate of drug-likeness (QED) is 0.484. The molecule has 0 bridgehead atoms. The molecule has 0 radical (unpaired) electrons. The van der Waals surface area contributed by atoms with Gasteiger partial charge in [0, 0.05) is 25.1 Å². The summed E-state index contributed by atoms with van der Waals surface area (Å²) >= 11 is 0. The zero-order valence-electron chi connectivity index (χ0n) is 20.0. The Morgan fingerprint density at radius 1 is 1.06 bits per heavy atom. The van der Waals surface area contributed by atoms with Gasteiger partial charge in [0.1, 0.15) is 0 Å². The maximum Gasteiger partial charge on any atom is 0.263 e. The summed E-state index contributed by atoms with van der Waals surface area (Å²) in [5.41, 5.74) is 1.97. The highest BCUT2D eigenvalue weighted by molar-refractivity contribution is 7.67. The lowest BCUT2D eigenvalue weighted by Gasteiger charge is -2.39. The van der Waals surface area contributed by atoms with Crippen LogP contribution >= 0.6 is 7.37 Å². The van der Waals surface area contributed by atoms with Crippen molar-refractivity contribution in [3.63, 3.8) is 0 Å². The molecular weight excluding hydrogens is 417 g/mol. The molecule has 0 aliphatic heterocycles. The van der Waals surface area contributed by atoms with Crippen molar-refractivity contribution in [1.29, 1.82) is 0 Å². The van der Waals surface area contributed by atoms with Crippen LogP contribution in [0.15, 0.2) is 60.7 Å². The summed E-state index contributed by atoms with van der Waals surface area (Å²) in [5.74, 6) is 0.0921. The Balaban J connectivity index is 1.96. The van der Waals surface area contributed by atoms with Crippen molar-refractivity contribution in [2.24, 2.45) is 17.8 Å². The molecule has 0 saturated heterocycles. The van der Waals surface area contributed by atoms with Crippen molar-refractivity contribution in [3.8, 4) is 0 Å². The second kappa shape index (κ2) is 10.8. The minimum absolute atomic E-state index is 0.127. The topological polar surface area (TPSA) is 49.8 Å². The number of hydrogen-bond donors (Lipinski definition) is 1. The first kappa shape index (κ1) is 24.8. The predicted octanol–water partition coefficient (Wildman–Crippen LogP) is 6.17.